The van der Waals surface area contributed by atoms with Crippen molar-refractivity contribution < 1.29 is 31.1 Å². The van der Waals surface area contributed by atoms with Crippen molar-refractivity contribution in [3.05, 3.63) is 69.7 Å². The van der Waals surface area contributed by atoms with E-state index in [9.17, 15) is 26.4 Å². The first-order valence-corrected chi connectivity index (χ1v) is 11.8. The molecule has 0 radical (unpaired) electrons. The molecular formula is C21H19Cl2F3N2O4S. The molecular weight excluding hydrogens is 504 g/mol. The van der Waals surface area contributed by atoms with Crippen molar-refractivity contribution >= 4 is 39.1 Å². The number of amides is 1. The van der Waals surface area contributed by atoms with E-state index < -0.39 is 51.6 Å². The summed E-state index contributed by atoms with van der Waals surface area (Å²) in [6, 6.07) is 8.99. The molecule has 1 aliphatic rings. The zero-order chi connectivity index (χ0) is 24.4. The maximum atomic E-state index is 13.4. The van der Waals surface area contributed by atoms with Crippen LogP contribution < -0.4 is 10.1 Å². The van der Waals surface area contributed by atoms with Gasteiger partial charge in [-0.15, -0.1) is 0 Å². The van der Waals surface area contributed by atoms with E-state index in [1.807, 2.05) is 0 Å². The van der Waals surface area contributed by atoms with E-state index >= 15 is 0 Å². The maximum absolute atomic E-state index is 13.4. The lowest BCUT2D eigenvalue weighted by atomic mass is 10.0. The third-order valence-electron chi connectivity index (χ3n) is 5.05. The van der Waals surface area contributed by atoms with Crippen LogP contribution in [0.1, 0.15) is 12.0 Å². The number of hydrogen-bond acceptors (Lipinski definition) is 4. The number of methoxy groups -OCH3 is 1. The van der Waals surface area contributed by atoms with E-state index in [1.165, 1.54) is 19.2 Å². The van der Waals surface area contributed by atoms with E-state index in [4.69, 9.17) is 27.9 Å². The number of sulfonamides is 1. The summed E-state index contributed by atoms with van der Waals surface area (Å²) in [7, 11) is -3.39. The highest BCUT2D eigenvalue weighted by molar-refractivity contribution is 7.89. The standard InChI is InChI=1S/C21H19Cl2F3N2O4S/c1-32-18-9-7-15(22)10-19(18)33(30,31)28-12-14(21(24,25)26)6-8-17(28)20(29)27-11-13-4-2-3-5-16(13)23/h2-7,9-10,17H,8,11-12H2,1H3,(H,27,29). The highest BCUT2D eigenvalue weighted by atomic mass is 35.5. The molecule has 1 aliphatic heterocycles. The Hall–Kier alpha value is -2.27. The fourth-order valence-electron chi connectivity index (χ4n) is 3.33. The van der Waals surface area contributed by atoms with E-state index in [0.717, 1.165) is 12.1 Å². The third kappa shape index (κ3) is 5.63. The van der Waals surface area contributed by atoms with Gasteiger partial charge in [-0.2, -0.15) is 17.5 Å². The molecule has 2 aromatic rings. The van der Waals surface area contributed by atoms with Gasteiger partial charge in [0.1, 0.15) is 16.7 Å². The molecule has 0 saturated carbocycles. The first-order valence-electron chi connectivity index (χ1n) is 9.58. The number of benzene rings is 2. The lowest BCUT2D eigenvalue weighted by Crippen LogP contribution is -2.52. The molecule has 0 saturated heterocycles. The minimum atomic E-state index is -4.76. The van der Waals surface area contributed by atoms with Gasteiger partial charge in [-0.1, -0.05) is 47.5 Å². The van der Waals surface area contributed by atoms with Crippen LogP contribution in [0.15, 0.2) is 59.0 Å². The summed E-state index contributed by atoms with van der Waals surface area (Å²) in [6.07, 6.45) is -4.39. The Bertz CT molecular complexity index is 1190. The van der Waals surface area contributed by atoms with Crippen molar-refractivity contribution in [3.8, 4) is 5.75 Å². The van der Waals surface area contributed by atoms with Crippen LogP contribution >= 0.6 is 23.2 Å². The highest BCUT2D eigenvalue weighted by Gasteiger charge is 2.45. The van der Waals surface area contributed by atoms with Crippen molar-refractivity contribution in [2.75, 3.05) is 13.7 Å². The van der Waals surface area contributed by atoms with E-state index in [2.05, 4.69) is 5.32 Å². The van der Waals surface area contributed by atoms with Crippen molar-refractivity contribution in [3.63, 3.8) is 0 Å². The second kappa shape index (κ2) is 9.92. The number of nitrogens with one attached hydrogen (secondary N) is 1. The molecule has 0 aliphatic carbocycles. The zero-order valence-electron chi connectivity index (χ0n) is 17.2. The summed E-state index contributed by atoms with van der Waals surface area (Å²) >= 11 is 12.0. The number of alkyl halides is 3. The lowest BCUT2D eigenvalue weighted by Gasteiger charge is -2.34. The Morgan fingerprint density at radius 1 is 1.21 bits per heavy atom. The summed E-state index contributed by atoms with van der Waals surface area (Å²) in [5.74, 6) is -0.880. The number of halogens is 5. The summed E-state index contributed by atoms with van der Waals surface area (Å²) in [5, 5.41) is 2.98. The van der Waals surface area contributed by atoms with Crippen LogP contribution in [-0.2, 0) is 21.4 Å². The van der Waals surface area contributed by atoms with Crippen LogP contribution in [0, 0.1) is 0 Å². The second-order valence-corrected chi connectivity index (χ2v) is 9.84. The Labute approximate surface area is 199 Å². The first kappa shape index (κ1) is 25.4. The van der Waals surface area contributed by atoms with Gasteiger partial charge in [0.15, 0.2) is 0 Å². The molecule has 0 fully saturated rings. The third-order valence-corrected chi connectivity index (χ3v) is 7.53. The largest absolute Gasteiger partial charge is 0.495 e. The molecule has 178 valence electrons. The van der Waals surface area contributed by atoms with Crippen LogP contribution in [0.4, 0.5) is 13.2 Å². The van der Waals surface area contributed by atoms with E-state index in [1.54, 1.807) is 24.3 Å². The fraction of sp³-hybridized carbons (Fsp3) is 0.286. The van der Waals surface area contributed by atoms with E-state index in [-0.39, 0.29) is 17.3 Å². The average molecular weight is 523 g/mol. The summed E-state index contributed by atoms with van der Waals surface area (Å²) in [5.41, 5.74) is -0.497. The highest BCUT2D eigenvalue weighted by Crippen LogP contribution is 2.36. The van der Waals surface area contributed by atoms with Gasteiger partial charge in [0, 0.05) is 28.7 Å². The Morgan fingerprint density at radius 3 is 2.55 bits per heavy atom. The van der Waals surface area contributed by atoms with Crippen molar-refractivity contribution in [2.24, 2.45) is 0 Å². The number of rotatable bonds is 6. The molecule has 2 aromatic carbocycles. The maximum Gasteiger partial charge on any atom is 0.413 e. The predicted octanol–water partition coefficient (Wildman–Crippen LogP) is 4.57. The molecule has 1 atom stereocenters. The van der Waals surface area contributed by atoms with Crippen LogP contribution in [0.3, 0.4) is 0 Å². The molecule has 1 amide bonds. The number of carbonyl (C=O) groups is 1. The molecule has 1 unspecified atom stereocenters. The Morgan fingerprint density at radius 2 is 1.91 bits per heavy atom. The Balaban J connectivity index is 1.97. The van der Waals surface area contributed by atoms with Gasteiger partial charge in [-0.25, -0.2) is 8.42 Å². The van der Waals surface area contributed by atoms with Crippen LogP contribution in [0.5, 0.6) is 5.75 Å². The summed E-state index contributed by atoms with van der Waals surface area (Å²) in [4.78, 5) is 12.5. The summed E-state index contributed by atoms with van der Waals surface area (Å²) in [6.45, 7) is -1.06. The fourth-order valence-corrected chi connectivity index (χ4v) is 5.53. The van der Waals surface area contributed by atoms with Crippen molar-refractivity contribution in [1.29, 1.82) is 0 Å². The lowest BCUT2D eigenvalue weighted by molar-refractivity contribution is -0.126. The molecule has 0 spiro atoms. The molecule has 0 bridgehead atoms. The molecule has 1 heterocycles. The van der Waals surface area contributed by atoms with Crippen LogP contribution in [-0.4, -0.2) is 44.5 Å². The van der Waals surface area contributed by atoms with Crippen LogP contribution in [0.25, 0.3) is 0 Å². The minimum absolute atomic E-state index is 0.0285. The van der Waals surface area contributed by atoms with Gasteiger partial charge < -0.3 is 10.1 Å². The van der Waals surface area contributed by atoms with Gasteiger partial charge in [-0.05, 0) is 36.2 Å². The van der Waals surface area contributed by atoms with Crippen LogP contribution in [0.2, 0.25) is 10.0 Å². The van der Waals surface area contributed by atoms with E-state index in [0.29, 0.717) is 14.9 Å². The minimum Gasteiger partial charge on any atom is -0.495 e. The smallest absolute Gasteiger partial charge is 0.413 e. The monoisotopic (exact) mass is 522 g/mol. The first-order chi connectivity index (χ1) is 15.4. The quantitative estimate of drug-likeness (QED) is 0.563. The van der Waals surface area contributed by atoms with Crippen molar-refractivity contribution in [2.45, 2.75) is 30.1 Å². The number of hydrogen-bond donors (Lipinski definition) is 1. The molecule has 6 nitrogen and oxygen atoms in total. The molecule has 3 rings (SSSR count). The number of nitrogens with zero attached hydrogens (tertiary/aromatic N) is 1. The average Bonchev–Trinajstić information content (AvgIpc) is 2.77. The summed E-state index contributed by atoms with van der Waals surface area (Å²) < 4.78 is 72.7. The molecule has 1 N–H and O–H groups in total. The molecule has 0 aromatic heterocycles. The number of ether oxygens (including phenoxy) is 1. The van der Waals surface area contributed by atoms with Crippen molar-refractivity contribution in [1.82, 2.24) is 9.62 Å². The predicted molar refractivity (Wildman–Crippen MR) is 118 cm³/mol. The number of carbonyl (C=O) groups excluding carboxylic acids is 1. The molecule has 12 heteroatoms. The Kier molecular flexibility index (Phi) is 7.62. The second-order valence-electron chi connectivity index (χ2n) is 7.13. The van der Waals surface area contributed by atoms with Gasteiger partial charge in [0.05, 0.1) is 7.11 Å². The topological polar surface area (TPSA) is 75.7 Å². The SMILES string of the molecule is COc1ccc(Cl)cc1S(=O)(=O)N1CC(C(F)(F)F)=CCC1C(=O)NCc1ccccc1Cl. The van der Waals surface area contributed by atoms with Gasteiger partial charge >= 0.3 is 6.18 Å². The normalized spacial score (nSPS) is 17.4. The molecule has 33 heavy (non-hydrogen) atoms. The van der Waals surface area contributed by atoms with Gasteiger partial charge in [0.2, 0.25) is 15.9 Å². The van der Waals surface area contributed by atoms with Gasteiger partial charge in [0.25, 0.3) is 0 Å². The zero-order valence-corrected chi connectivity index (χ0v) is 19.5. The van der Waals surface area contributed by atoms with Gasteiger partial charge in [-0.3, -0.25) is 4.79 Å².